The van der Waals surface area contributed by atoms with Crippen LogP contribution in [0.1, 0.15) is 124 Å². The molecule has 6 amide bonds. The molecule has 2 heterocycles. The number of hydrogen-bond donors (Lipinski definition) is 13. The van der Waals surface area contributed by atoms with Gasteiger partial charge in [0.05, 0.1) is 19.3 Å². The number of nitrogens with one attached hydrogen (secondary N) is 6. The number of aliphatic hydroxyl groups excluding tert-OH is 7. The number of aliphatic hydroxyl groups is 7. The first-order valence-corrected chi connectivity index (χ1v) is 24.2. The number of hydrogen-bond acceptors (Lipinski definition) is 17. The molecular formula is C45H82N6O17. The minimum atomic E-state index is -1.43. The molecule has 2 aliphatic rings. The zero-order valence-corrected chi connectivity index (χ0v) is 40.3. The first-order chi connectivity index (χ1) is 32.4. The zero-order chi connectivity index (χ0) is 50.6. The normalized spacial score (nSPS) is 26.2. The minimum Gasteiger partial charge on any atom is -0.394 e. The summed E-state index contributed by atoms with van der Waals surface area (Å²) in [6.07, 6.45) is -3.34. The Kier molecular flexibility index (Phi) is 30.1. The summed E-state index contributed by atoms with van der Waals surface area (Å²) in [6.45, 7) is 6.31. The summed E-state index contributed by atoms with van der Waals surface area (Å²) in [5.41, 5.74) is 0. The van der Waals surface area contributed by atoms with Gasteiger partial charge in [-0.05, 0) is 70.6 Å². The van der Waals surface area contributed by atoms with Crippen LogP contribution in [0.4, 0.5) is 0 Å². The smallest absolute Gasteiger partial charge is 0.242 e. The molecule has 0 aromatic carbocycles. The van der Waals surface area contributed by atoms with Crippen molar-refractivity contribution in [2.45, 2.75) is 197 Å². The Labute approximate surface area is 399 Å². The highest BCUT2D eigenvalue weighted by atomic mass is 16.7. The average molecular weight is 979 g/mol. The Bertz CT molecular complexity index is 1500. The van der Waals surface area contributed by atoms with Crippen LogP contribution in [-0.4, -0.2) is 191 Å². The second kappa shape index (κ2) is 33.8. The topological polar surface area (TPSA) is 353 Å². The van der Waals surface area contributed by atoms with Gasteiger partial charge < -0.3 is 86.6 Å². The molecule has 2 fully saturated rings. The van der Waals surface area contributed by atoms with Crippen molar-refractivity contribution in [1.29, 1.82) is 0 Å². The summed E-state index contributed by atoms with van der Waals surface area (Å²) in [7, 11) is 0. The fourth-order valence-electron chi connectivity index (χ4n) is 7.53. The van der Waals surface area contributed by atoms with Crippen LogP contribution in [0, 0.1) is 5.92 Å². The van der Waals surface area contributed by atoms with E-state index < -0.39 is 98.5 Å². The summed E-state index contributed by atoms with van der Waals surface area (Å²) >= 11 is 0. The lowest BCUT2D eigenvalue weighted by Crippen LogP contribution is -2.64. The van der Waals surface area contributed by atoms with Crippen molar-refractivity contribution < 1.29 is 83.5 Å². The molecule has 0 radical (unpaired) electrons. The van der Waals surface area contributed by atoms with E-state index in [9.17, 15) is 64.5 Å². The van der Waals surface area contributed by atoms with E-state index in [2.05, 4.69) is 31.9 Å². The van der Waals surface area contributed by atoms with Gasteiger partial charge in [-0.1, -0.05) is 26.2 Å². The van der Waals surface area contributed by atoms with Gasteiger partial charge in [-0.2, -0.15) is 0 Å². The molecule has 0 spiro atoms. The van der Waals surface area contributed by atoms with Gasteiger partial charge in [0.15, 0.2) is 12.6 Å². The minimum absolute atomic E-state index is 0.0604. The lowest BCUT2D eigenvalue weighted by Gasteiger charge is -2.42. The number of rotatable bonds is 34. The number of ether oxygens (including phenoxy) is 4. The highest BCUT2D eigenvalue weighted by Crippen LogP contribution is 2.24. The van der Waals surface area contributed by atoms with E-state index in [1.54, 1.807) is 6.92 Å². The van der Waals surface area contributed by atoms with Crippen molar-refractivity contribution in [3.63, 3.8) is 0 Å². The van der Waals surface area contributed by atoms with E-state index in [1.165, 1.54) is 13.8 Å². The van der Waals surface area contributed by atoms with Crippen molar-refractivity contribution in [2.75, 3.05) is 46.1 Å². The monoisotopic (exact) mass is 979 g/mol. The second-order valence-corrected chi connectivity index (χ2v) is 17.8. The van der Waals surface area contributed by atoms with Gasteiger partial charge >= 0.3 is 0 Å². The molecule has 0 aromatic rings. The lowest BCUT2D eigenvalue weighted by atomic mass is 9.97. The summed E-state index contributed by atoms with van der Waals surface area (Å²) in [4.78, 5) is 74.3. The Morgan fingerprint density at radius 1 is 0.559 bits per heavy atom. The molecular weight excluding hydrogens is 897 g/mol. The van der Waals surface area contributed by atoms with Crippen LogP contribution in [0.5, 0.6) is 0 Å². The summed E-state index contributed by atoms with van der Waals surface area (Å²) in [6, 6.07) is -2.92. The largest absolute Gasteiger partial charge is 0.394 e. The van der Waals surface area contributed by atoms with E-state index in [0.717, 1.165) is 0 Å². The van der Waals surface area contributed by atoms with E-state index in [1.807, 2.05) is 6.92 Å². The molecule has 2 saturated heterocycles. The third kappa shape index (κ3) is 23.3. The number of amides is 6. The molecule has 394 valence electrons. The van der Waals surface area contributed by atoms with Gasteiger partial charge in [-0.3, -0.25) is 28.8 Å². The Balaban J connectivity index is 1.77. The molecule has 0 aliphatic carbocycles. The van der Waals surface area contributed by atoms with Gasteiger partial charge in [-0.25, -0.2) is 0 Å². The van der Waals surface area contributed by atoms with E-state index in [4.69, 9.17) is 18.9 Å². The standard InChI is InChI=1S/C45H82N6O17/c1-27(28(2)54)24-48-35(58)18-8-5-12-21-47-43(64)31(51-36(59)19-10-7-15-23-66-45-38(50-30(4)56)42(63)40(61)33(26-53)68-45)16-11-13-20-46-34(57)17-9-6-14-22-65-44-37(49-29(3)55)41(62)39(60)32(25-52)67-44/h27-28,31-33,37-42,44-45,52-54,60-63H,5-26H2,1-4H3,(H,46,57)(H,47,64)(H,48,58)(H,49,55)(H,50,56)(H,51,59)/t27?,28?,31-,32?,33?,37?,38?,39?,40?,41?,42?,44?,45?/m0/s1. The average Bonchev–Trinajstić information content (AvgIpc) is 3.29. The van der Waals surface area contributed by atoms with Crippen molar-refractivity contribution in [1.82, 2.24) is 31.9 Å². The van der Waals surface area contributed by atoms with Crippen molar-refractivity contribution in [2.24, 2.45) is 5.92 Å². The number of carbonyl (C=O) groups excluding carboxylic acids is 6. The van der Waals surface area contributed by atoms with E-state index in [-0.39, 0.29) is 55.6 Å². The summed E-state index contributed by atoms with van der Waals surface area (Å²) in [5, 5.41) is 86.3. The maximum atomic E-state index is 13.3. The molecule has 0 saturated carbocycles. The lowest BCUT2D eigenvalue weighted by molar-refractivity contribution is -0.270. The molecule has 0 bridgehead atoms. The van der Waals surface area contributed by atoms with Crippen molar-refractivity contribution in [3.05, 3.63) is 0 Å². The quantitative estimate of drug-likeness (QED) is 0.0299. The third-order valence-corrected chi connectivity index (χ3v) is 11.9. The molecule has 13 atom stereocenters. The van der Waals surface area contributed by atoms with Crippen LogP contribution in [-0.2, 0) is 47.7 Å². The molecule has 68 heavy (non-hydrogen) atoms. The molecule has 0 aromatic heterocycles. The van der Waals surface area contributed by atoms with E-state index >= 15 is 0 Å². The van der Waals surface area contributed by atoms with Gasteiger partial charge in [0, 0.05) is 66.0 Å². The molecule has 2 aliphatic heterocycles. The summed E-state index contributed by atoms with van der Waals surface area (Å²) in [5.74, 6) is -1.91. The van der Waals surface area contributed by atoms with Crippen molar-refractivity contribution >= 4 is 35.4 Å². The molecule has 12 unspecified atom stereocenters. The maximum Gasteiger partial charge on any atom is 0.242 e. The highest BCUT2D eigenvalue weighted by molar-refractivity contribution is 5.87. The predicted octanol–water partition coefficient (Wildman–Crippen LogP) is -2.39. The third-order valence-electron chi connectivity index (χ3n) is 11.9. The van der Waals surface area contributed by atoms with Gasteiger partial charge in [0.2, 0.25) is 35.4 Å². The van der Waals surface area contributed by atoms with Crippen LogP contribution in [0.3, 0.4) is 0 Å². The molecule has 23 nitrogen and oxygen atoms in total. The fraction of sp³-hybridized carbons (Fsp3) is 0.867. The van der Waals surface area contributed by atoms with Crippen LogP contribution in [0.25, 0.3) is 0 Å². The van der Waals surface area contributed by atoms with Crippen LogP contribution in [0.2, 0.25) is 0 Å². The summed E-state index contributed by atoms with van der Waals surface area (Å²) < 4.78 is 22.6. The van der Waals surface area contributed by atoms with E-state index in [0.29, 0.717) is 103 Å². The fourth-order valence-corrected chi connectivity index (χ4v) is 7.53. The first-order valence-electron chi connectivity index (χ1n) is 24.2. The Morgan fingerprint density at radius 2 is 1.00 bits per heavy atom. The van der Waals surface area contributed by atoms with Crippen LogP contribution >= 0.6 is 0 Å². The van der Waals surface area contributed by atoms with Crippen LogP contribution in [0.15, 0.2) is 0 Å². The first kappa shape index (κ1) is 60.5. The highest BCUT2D eigenvalue weighted by Gasteiger charge is 2.46. The van der Waals surface area contributed by atoms with Crippen molar-refractivity contribution in [3.8, 4) is 0 Å². The van der Waals surface area contributed by atoms with Gasteiger partial charge in [0.1, 0.15) is 54.7 Å². The SMILES string of the molecule is CC(=O)NC1C(OCCCCCC(=O)NCCCC[C@H](NC(=O)CCCCCOC2OC(CO)C(O)C(O)C2NC(C)=O)C(=O)NCCCCCC(=O)NCC(C)C(C)O)OC(CO)C(O)C1O. The Hall–Kier alpha value is -3.62. The number of carbonyl (C=O) groups is 6. The second-order valence-electron chi connectivity index (χ2n) is 17.8. The molecule has 2 rings (SSSR count). The zero-order valence-electron chi connectivity index (χ0n) is 40.3. The van der Waals surface area contributed by atoms with Crippen LogP contribution < -0.4 is 31.9 Å². The van der Waals surface area contributed by atoms with Gasteiger partial charge in [-0.15, -0.1) is 0 Å². The number of unbranched alkanes of at least 4 members (excludes halogenated alkanes) is 7. The Morgan fingerprint density at radius 3 is 1.47 bits per heavy atom. The van der Waals surface area contributed by atoms with Gasteiger partial charge in [0.25, 0.3) is 0 Å². The molecule has 13 N–H and O–H groups in total. The molecule has 23 heteroatoms. The predicted molar refractivity (Wildman–Crippen MR) is 244 cm³/mol. The maximum absolute atomic E-state index is 13.3.